The summed E-state index contributed by atoms with van der Waals surface area (Å²) >= 11 is 7.74. The van der Waals surface area contributed by atoms with E-state index in [0.717, 1.165) is 30.7 Å². The highest BCUT2D eigenvalue weighted by Gasteiger charge is 2.65. The van der Waals surface area contributed by atoms with Crippen LogP contribution in [-0.4, -0.2) is 82.5 Å². The van der Waals surface area contributed by atoms with Crippen molar-refractivity contribution in [3.8, 4) is 23.2 Å². The van der Waals surface area contributed by atoms with Crippen molar-refractivity contribution in [1.29, 1.82) is 5.26 Å². The number of hydrogen-bond donors (Lipinski definition) is 1. The van der Waals surface area contributed by atoms with Gasteiger partial charge in [0.1, 0.15) is 40.2 Å². The molecule has 0 unspecified atom stereocenters. The summed E-state index contributed by atoms with van der Waals surface area (Å²) < 4.78 is 66.0. The molecule has 2 aromatic carbocycles. The number of amides is 1. The molecular formula is C34H32ClF4N7O2S. The van der Waals surface area contributed by atoms with Crippen molar-refractivity contribution in [3.63, 3.8) is 0 Å². The van der Waals surface area contributed by atoms with Crippen LogP contribution in [0, 0.1) is 28.9 Å². The fourth-order valence-corrected chi connectivity index (χ4v) is 9.24. The number of aromatic nitrogens is 2. The molecule has 4 atom stereocenters. The number of ether oxygens (including phenoxy) is 1. The predicted molar refractivity (Wildman–Crippen MR) is 179 cm³/mol. The first-order valence-corrected chi connectivity index (χ1v) is 17.4. The summed E-state index contributed by atoms with van der Waals surface area (Å²) in [5.41, 5.74) is 5.47. The highest BCUT2D eigenvalue weighted by molar-refractivity contribution is 7.23. The quantitative estimate of drug-likeness (QED) is 0.223. The molecule has 4 aromatic rings. The summed E-state index contributed by atoms with van der Waals surface area (Å²) in [6, 6.07) is 6.15. The second-order valence-corrected chi connectivity index (χ2v) is 15.2. The lowest BCUT2D eigenvalue weighted by Crippen LogP contribution is -2.64. The Morgan fingerprint density at radius 2 is 1.98 bits per heavy atom. The van der Waals surface area contributed by atoms with Gasteiger partial charge in [0, 0.05) is 48.4 Å². The molecule has 4 aliphatic rings. The number of carbonyl (C=O) groups excluding carboxylic acids is 1. The van der Waals surface area contributed by atoms with Gasteiger partial charge in [0.25, 0.3) is 5.92 Å². The standard InChI is InChI=1S/C34H32ClF4N7O2S/c1-16(23-4-3-9-44(23)2)48-32-42-27-18(30(43-32)45-10-7-33(15-45)8-11-46(33)31(47)20-13-34(20,38)39)12-21(35)25(26(27)37)17-5-6-22(36)28-24(17)19(14-40)29(41)49-28/h5-6,12,16,20,23H,3-4,7-11,13,15,41H2,1-2H3/t16-,20-,23-,33+/m0/s1. The maximum Gasteiger partial charge on any atom is 0.319 e. The number of nitriles is 1. The van der Waals surface area contributed by atoms with E-state index in [-0.39, 0.29) is 65.9 Å². The van der Waals surface area contributed by atoms with Gasteiger partial charge in [0.2, 0.25) is 5.91 Å². The van der Waals surface area contributed by atoms with E-state index < -0.39 is 41.3 Å². The van der Waals surface area contributed by atoms with Gasteiger partial charge in [-0.2, -0.15) is 15.2 Å². The fraction of sp³-hybridized carbons (Fsp3) is 0.471. The lowest BCUT2D eigenvalue weighted by Gasteiger charge is -2.50. The first-order chi connectivity index (χ1) is 23.3. The molecule has 9 nitrogen and oxygen atoms in total. The monoisotopic (exact) mass is 713 g/mol. The number of anilines is 2. The van der Waals surface area contributed by atoms with Crippen LogP contribution in [0.4, 0.5) is 28.4 Å². The molecule has 1 spiro atoms. The summed E-state index contributed by atoms with van der Waals surface area (Å²) in [4.78, 5) is 28.0. The number of rotatable bonds is 6. The van der Waals surface area contributed by atoms with E-state index in [1.54, 1.807) is 11.0 Å². The lowest BCUT2D eigenvalue weighted by atomic mass is 9.83. The van der Waals surface area contributed by atoms with Crippen LogP contribution in [0.1, 0.15) is 44.6 Å². The van der Waals surface area contributed by atoms with E-state index >= 15 is 4.39 Å². The lowest BCUT2D eigenvalue weighted by molar-refractivity contribution is -0.149. The number of likely N-dealkylation sites (tertiary alicyclic amines) is 2. The normalized spacial score (nSPS) is 25.3. The van der Waals surface area contributed by atoms with Crippen LogP contribution in [0.2, 0.25) is 5.02 Å². The fourth-order valence-electron chi connectivity index (χ4n) is 8.00. The number of thiophene rings is 1. The molecule has 5 heterocycles. The minimum Gasteiger partial charge on any atom is -0.459 e. The van der Waals surface area contributed by atoms with Crippen molar-refractivity contribution in [1.82, 2.24) is 19.8 Å². The molecule has 2 N–H and O–H groups in total. The average Bonchev–Trinajstić information content (AvgIpc) is 3.44. The first-order valence-electron chi connectivity index (χ1n) is 16.3. The van der Waals surface area contributed by atoms with Crippen LogP contribution in [0.3, 0.4) is 0 Å². The van der Waals surface area contributed by atoms with Gasteiger partial charge in [-0.25, -0.2) is 17.6 Å². The number of carbonyl (C=O) groups is 1. The summed E-state index contributed by atoms with van der Waals surface area (Å²) in [5.74, 6) is -5.84. The molecule has 0 bridgehead atoms. The molecule has 1 amide bonds. The second kappa shape index (κ2) is 11.3. The van der Waals surface area contributed by atoms with E-state index in [4.69, 9.17) is 27.1 Å². The van der Waals surface area contributed by atoms with Crippen LogP contribution < -0.4 is 15.4 Å². The molecule has 1 saturated carbocycles. The Morgan fingerprint density at radius 1 is 1.22 bits per heavy atom. The van der Waals surface area contributed by atoms with Crippen LogP contribution in [-0.2, 0) is 4.79 Å². The van der Waals surface area contributed by atoms with Crippen molar-refractivity contribution < 1.29 is 27.1 Å². The van der Waals surface area contributed by atoms with Crippen LogP contribution in [0.25, 0.3) is 32.1 Å². The van der Waals surface area contributed by atoms with Crippen molar-refractivity contribution in [2.24, 2.45) is 5.92 Å². The number of alkyl halides is 2. The number of nitrogen functional groups attached to an aromatic ring is 1. The number of nitrogens with zero attached hydrogens (tertiary/aromatic N) is 6. The molecule has 49 heavy (non-hydrogen) atoms. The van der Waals surface area contributed by atoms with Crippen molar-refractivity contribution in [2.45, 2.75) is 62.6 Å². The largest absolute Gasteiger partial charge is 0.459 e. The van der Waals surface area contributed by atoms with Gasteiger partial charge in [-0.05, 0) is 63.9 Å². The SMILES string of the molecule is C[C@H](Oc1nc(N2CC[C@@]3(CCN3C(=O)[C@@H]3CC3(F)F)C2)c2cc(Cl)c(-c3ccc(F)c4sc(N)c(C#N)c34)c(F)c2n1)[C@@H]1CCCN1C. The molecule has 1 aliphatic carbocycles. The Balaban J connectivity index is 1.24. The van der Waals surface area contributed by atoms with Gasteiger partial charge >= 0.3 is 6.01 Å². The third kappa shape index (κ3) is 4.99. The first kappa shape index (κ1) is 32.3. The van der Waals surface area contributed by atoms with Crippen LogP contribution in [0.15, 0.2) is 18.2 Å². The van der Waals surface area contributed by atoms with Crippen LogP contribution >= 0.6 is 22.9 Å². The molecule has 256 valence electrons. The van der Waals surface area contributed by atoms with E-state index in [1.807, 2.05) is 24.9 Å². The molecule has 15 heteroatoms. The maximum atomic E-state index is 17.0. The Hall–Kier alpha value is -3.93. The zero-order valence-corrected chi connectivity index (χ0v) is 28.3. The van der Waals surface area contributed by atoms with Crippen molar-refractivity contribution in [3.05, 3.63) is 40.4 Å². The smallest absolute Gasteiger partial charge is 0.319 e. The van der Waals surface area contributed by atoms with Gasteiger partial charge in [-0.3, -0.25) is 9.69 Å². The van der Waals surface area contributed by atoms with E-state index in [2.05, 4.69) is 9.88 Å². The predicted octanol–water partition coefficient (Wildman–Crippen LogP) is 6.59. The minimum absolute atomic E-state index is 0.0173. The molecule has 8 rings (SSSR count). The summed E-state index contributed by atoms with van der Waals surface area (Å²) in [7, 11) is 2.02. The van der Waals surface area contributed by atoms with Gasteiger partial charge in [-0.15, -0.1) is 11.3 Å². The number of hydrogen-bond acceptors (Lipinski definition) is 9. The van der Waals surface area contributed by atoms with E-state index in [9.17, 15) is 23.2 Å². The van der Waals surface area contributed by atoms with Gasteiger partial charge in [0.05, 0.1) is 20.8 Å². The van der Waals surface area contributed by atoms with E-state index in [0.29, 0.717) is 38.3 Å². The molecule has 0 radical (unpaired) electrons. The Morgan fingerprint density at radius 3 is 2.63 bits per heavy atom. The topological polar surface area (TPSA) is 112 Å². The molecule has 4 fully saturated rings. The summed E-state index contributed by atoms with van der Waals surface area (Å²) in [6.45, 7) is 3.97. The van der Waals surface area contributed by atoms with Gasteiger partial charge < -0.3 is 20.3 Å². The number of nitrogens with two attached hydrogens (primary N) is 1. The number of likely N-dealkylation sites (N-methyl/N-ethyl adjacent to an activating group) is 1. The van der Waals surface area contributed by atoms with Gasteiger partial charge in [-0.1, -0.05) is 17.7 Å². The molecule has 3 saturated heterocycles. The minimum atomic E-state index is -2.96. The van der Waals surface area contributed by atoms with Crippen molar-refractivity contribution >= 4 is 60.7 Å². The van der Waals surface area contributed by atoms with Crippen LogP contribution in [0.5, 0.6) is 6.01 Å². The van der Waals surface area contributed by atoms with Crippen molar-refractivity contribution in [2.75, 3.05) is 43.9 Å². The summed E-state index contributed by atoms with van der Waals surface area (Å²) in [5, 5.41) is 10.4. The number of benzene rings is 2. The zero-order chi connectivity index (χ0) is 34.6. The zero-order valence-electron chi connectivity index (χ0n) is 26.7. The maximum absolute atomic E-state index is 17.0. The second-order valence-electron chi connectivity index (χ2n) is 13.7. The number of fused-ring (bicyclic) bond motifs is 2. The average molecular weight is 714 g/mol. The highest BCUT2D eigenvalue weighted by Crippen LogP contribution is 2.53. The Kier molecular flexibility index (Phi) is 7.44. The Labute approximate surface area is 288 Å². The third-order valence-corrected chi connectivity index (χ3v) is 12.2. The highest BCUT2D eigenvalue weighted by atomic mass is 35.5. The molecular weight excluding hydrogens is 682 g/mol. The molecule has 3 aliphatic heterocycles. The number of halogens is 5. The Bertz CT molecular complexity index is 2110. The van der Waals surface area contributed by atoms with E-state index in [1.165, 1.54) is 12.1 Å². The van der Waals surface area contributed by atoms with Gasteiger partial charge in [0.15, 0.2) is 5.82 Å². The molecule has 2 aromatic heterocycles. The third-order valence-electron chi connectivity index (χ3n) is 10.8. The summed E-state index contributed by atoms with van der Waals surface area (Å²) in [6.07, 6.45) is 2.34.